The number of hydrogen-bond acceptors (Lipinski definition) is 3. The first kappa shape index (κ1) is 11.1. The van der Waals surface area contributed by atoms with Crippen molar-refractivity contribution in [2.45, 2.75) is 6.04 Å². The minimum Gasteiger partial charge on any atom is -0.480 e. The molecule has 0 aliphatic rings. The van der Waals surface area contributed by atoms with Gasteiger partial charge in [-0.3, -0.25) is 4.79 Å². The van der Waals surface area contributed by atoms with Crippen molar-refractivity contribution in [3.63, 3.8) is 0 Å². The van der Waals surface area contributed by atoms with Gasteiger partial charge in [-0.05, 0) is 0 Å². The summed E-state index contributed by atoms with van der Waals surface area (Å²) < 4.78 is 0.336. The summed E-state index contributed by atoms with van der Waals surface area (Å²) in [4.78, 5) is 10.2. The van der Waals surface area contributed by atoms with E-state index in [0.717, 1.165) is 11.8 Å². The Kier molecular flexibility index (Phi) is 5.76. The van der Waals surface area contributed by atoms with Crippen LogP contribution >= 0.6 is 35.0 Å². The van der Waals surface area contributed by atoms with Gasteiger partial charge < -0.3 is 10.8 Å². The standard InChI is InChI=1S/C5H7Cl2NO2S/c6-1-4(7)11-2-3(8)5(9)10/h1,3H,2,8H2,(H,9,10)/b4-1-/t3-/m0/s1/i2+1,3+1,5+1,8+1. The zero-order valence-corrected chi connectivity index (χ0v) is 7.79. The molecule has 11 heavy (non-hydrogen) atoms. The maximum Gasteiger partial charge on any atom is 0.321 e. The molecular weight excluding hydrogens is 213 g/mol. The minimum atomic E-state index is -1.04. The molecule has 0 heterocycles. The second-order valence-electron chi connectivity index (χ2n) is 1.67. The number of hydrogen-bond donors (Lipinski definition) is 2. The number of carbonyl (C=O) groups is 1. The van der Waals surface area contributed by atoms with E-state index in [1.165, 1.54) is 5.54 Å². The molecule has 0 fully saturated rings. The molecule has 0 saturated heterocycles. The van der Waals surface area contributed by atoms with Gasteiger partial charge >= 0.3 is 5.97 Å². The quantitative estimate of drug-likeness (QED) is 0.555. The van der Waals surface area contributed by atoms with E-state index in [2.05, 4.69) is 0 Å². The first-order valence-corrected chi connectivity index (χ1v) is 4.45. The zero-order valence-electron chi connectivity index (χ0n) is 5.46. The smallest absolute Gasteiger partial charge is 0.321 e. The SMILES string of the molecule is [15NH2][13C@@H]([13CH2]S/C(Cl)=C\Cl)[13C](=O)O. The predicted octanol–water partition coefficient (Wildman–Crippen LogP) is 1.41. The fraction of sp³-hybridized carbons (Fsp3) is 0.400. The van der Waals surface area contributed by atoms with E-state index in [0.29, 0.717) is 4.36 Å². The van der Waals surface area contributed by atoms with Crippen LogP contribution in [0.25, 0.3) is 0 Å². The lowest BCUT2D eigenvalue weighted by Crippen LogP contribution is -2.32. The molecule has 0 bridgehead atoms. The van der Waals surface area contributed by atoms with Crippen molar-refractivity contribution in [1.29, 1.82) is 0 Å². The number of thioether (sulfide) groups is 1. The van der Waals surface area contributed by atoms with Gasteiger partial charge in [-0.15, -0.1) is 11.8 Å². The Morgan fingerprint density at radius 2 is 2.36 bits per heavy atom. The van der Waals surface area contributed by atoms with Crippen molar-refractivity contribution in [3.8, 4) is 0 Å². The lowest BCUT2D eigenvalue weighted by atomic mass is 11.2. The van der Waals surface area contributed by atoms with Gasteiger partial charge in [-0.2, -0.15) is 0 Å². The third-order valence-electron chi connectivity index (χ3n) is 0.804. The van der Waals surface area contributed by atoms with Gasteiger partial charge in [-0.1, -0.05) is 23.2 Å². The molecule has 0 amide bonds. The number of aliphatic carboxylic acids is 1. The molecule has 0 spiro atoms. The molecule has 0 saturated carbocycles. The molecule has 3 N–H and O–H groups in total. The van der Waals surface area contributed by atoms with Gasteiger partial charge in [0.05, 0.1) is 4.36 Å². The van der Waals surface area contributed by atoms with Gasteiger partial charge in [0.2, 0.25) is 0 Å². The summed E-state index contributed by atoms with van der Waals surface area (Å²) in [7, 11) is 0. The Morgan fingerprint density at radius 3 is 2.73 bits per heavy atom. The third-order valence-corrected chi connectivity index (χ3v) is 2.62. The van der Waals surface area contributed by atoms with E-state index < -0.39 is 12.0 Å². The first-order chi connectivity index (χ1) is 5.07. The predicted molar refractivity (Wildman–Crippen MR) is 47.9 cm³/mol. The van der Waals surface area contributed by atoms with Crippen LogP contribution in [-0.4, -0.2) is 22.9 Å². The molecule has 0 unspecified atom stereocenters. The maximum absolute atomic E-state index is 10.2. The number of nitrogens with two attached hydrogens (primary N) is 1. The van der Waals surface area contributed by atoms with Crippen LogP contribution in [0, 0.1) is 0 Å². The summed E-state index contributed by atoms with van der Waals surface area (Å²) in [6.45, 7) is 0. The van der Waals surface area contributed by atoms with Crippen LogP contribution < -0.4 is 5.73 Å². The van der Waals surface area contributed by atoms with Crippen molar-refractivity contribution in [2.75, 3.05) is 5.75 Å². The molecule has 0 aromatic rings. The maximum atomic E-state index is 10.2. The van der Waals surface area contributed by atoms with E-state index in [1.54, 1.807) is 0 Å². The molecule has 3 nitrogen and oxygen atoms in total. The number of carboxylic acids is 1. The summed E-state index contributed by atoms with van der Waals surface area (Å²) in [5, 5.41) is 8.33. The van der Waals surface area contributed by atoms with Crippen molar-refractivity contribution in [1.82, 2.24) is 0 Å². The monoisotopic (exact) mass is 219 g/mol. The summed E-state index contributed by atoms with van der Waals surface area (Å²) in [6, 6.07) is -0.898. The molecule has 0 aromatic heterocycles. The second kappa shape index (κ2) is 5.71. The van der Waals surface area contributed by atoms with Crippen molar-refractivity contribution >= 4 is 40.9 Å². The molecule has 64 valence electrons. The summed E-state index contributed by atoms with van der Waals surface area (Å²) in [6.07, 6.45) is 0. The normalized spacial score (nSPS) is 14.6. The van der Waals surface area contributed by atoms with Crippen LogP contribution in [0.3, 0.4) is 0 Å². The highest BCUT2D eigenvalue weighted by atomic mass is 35.5. The van der Waals surface area contributed by atoms with E-state index in [-0.39, 0.29) is 5.75 Å². The third kappa shape index (κ3) is 5.38. The van der Waals surface area contributed by atoms with E-state index in [4.69, 9.17) is 34.0 Å². The highest BCUT2D eigenvalue weighted by Crippen LogP contribution is 2.20. The van der Waals surface area contributed by atoms with Crippen LogP contribution in [0.15, 0.2) is 9.90 Å². The molecular formula is C5H7Cl2NO2S. The summed E-state index contributed by atoms with van der Waals surface area (Å²) in [5.74, 6) is -0.825. The number of halogens is 2. The van der Waals surface area contributed by atoms with E-state index in [9.17, 15) is 4.79 Å². The Bertz CT molecular complexity index is 174. The molecule has 6 heteroatoms. The Balaban J connectivity index is 3.62. The Hall–Kier alpha value is 0.1000. The van der Waals surface area contributed by atoms with E-state index in [1.807, 2.05) is 0 Å². The minimum absolute atomic E-state index is 0.220. The Morgan fingerprint density at radius 1 is 1.82 bits per heavy atom. The van der Waals surface area contributed by atoms with Crippen molar-refractivity contribution in [3.05, 3.63) is 9.90 Å². The molecule has 0 radical (unpaired) electrons. The van der Waals surface area contributed by atoms with Gasteiger partial charge in [0, 0.05) is 11.3 Å². The number of rotatable bonds is 4. The van der Waals surface area contributed by atoms with Crippen LogP contribution in [0.4, 0.5) is 0 Å². The fourth-order valence-electron chi connectivity index (χ4n) is 0.272. The lowest BCUT2D eigenvalue weighted by molar-refractivity contribution is -0.137. The highest BCUT2D eigenvalue weighted by molar-refractivity contribution is 8.04. The van der Waals surface area contributed by atoms with Crippen molar-refractivity contribution < 1.29 is 9.90 Å². The zero-order chi connectivity index (χ0) is 8.85. The molecule has 0 rings (SSSR count). The topological polar surface area (TPSA) is 63.3 Å². The second-order valence-corrected chi connectivity index (χ2v) is 3.58. The van der Waals surface area contributed by atoms with Crippen LogP contribution in [0.2, 0.25) is 0 Å². The number of carboxylic acid groups (broad SMARTS) is 1. The van der Waals surface area contributed by atoms with Gasteiger partial charge in [0.1, 0.15) is 6.04 Å². The highest BCUT2D eigenvalue weighted by Gasteiger charge is 2.11. The molecule has 0 aromatic carbocycles. The average Bonchev–Trinajstić information content (AvgIpc) is 1.99. The Labute approximate surface area is 78.5 Å². The van der Waals surface area contributed by atoms with Crippen LogP contribution in [0.5, 0.6) is 0 Å². The molecule has 1 atom stereocenters. The fourth-order valence-corrected chi connectivity index (χ4v) is 1.19. The van der Waals surface area contributed by atoms with Crippen molar-refractivity contribution in [2.24, 2.45) is 5.73 Å². The molecule has 0 aliphatic carbocycles. The van der Waals surface area contributed by atoms with Crippen LogP contribution in [-0.2, 0) is 4.79 Å². The van der Waals surface area contributed by atoms with Gasteiger partial charge in [0.25, 0.3) is 0 Å². The summed E-state index contributed by atoms with van der Waals surface area (Å²) in [5.41, 5.74) is 6.34. The summed E-state index contributed by atoms with van der Waals surface area (Å²) >= 11 is 11.8. The van der Waals surface area contributed by atoms with Gasteiger partial charge in [0.15, 0.2) is 0 Å². The largest absolute Gasteiger partial charge is 0.480 e. The average molecular weight is 220 g/mol. The van der Waals surface area contributed by atoms with Crippen LogP contribution in [0.1, 0.15) is 0 Å². The van der Waals surface area contributed by atoms with E-state index >= 15 is 0 Å². The molecule has 0 aliphatic heterocycles. The van der Waals surface area contributed by atoms with Gasteiger partial charge in [-0.25, -0.2) is 0 Å². The lowest BCUT2D eigenvalue weighted by Gasteiger charge is -2.03. The first-order valence-electron chi connectivity index (χ1n) is 2.65.